The highest BCUT2D eigenvalue weighted by Gasteiger charge is 2.28. The SMILES string of the molecule is CCOC(=O)C1CCN(C(=O)c2ccc(-c3ccccn3)nc2)CC1. The van der Waals surface area contributed by atoms with Crippen molar-refractivity contribution in [3.05, 3.63) is 48.3 Å². The number of hydrogen-bond acceptors (Lipinski definition) is 5. The molecule has 1 aliphatic heterocycles. The van der Waals surface area contributed by atoms with Crippen molar-refractivity contribution in [3.8, 4) is 11.4 Å². The quantitative estimate of drug-likeness (QED) is 0.801. The third-order valence-corrected chi connectivity index (χ3v) is 4.34. The number of piperidine rings is 1. The van der Waals surface area contributed by atoms with Gasteiger partial charge in [-0.2, -0.15) is 0 Å². The van der Waals surface area contributed by atoms with Crippen LogP contribution < -0.4 is 0 Å². The lowest BCUT2D eigenvalue weighted by Gasteiger charge is -2.30. The summed E-state index contributed by atoms with van der Waals surface area (Å²) in [5.74, 6) is -0.313. The molecule has 25 heavy (non-hydrogen) atoms. The number of aromatic nitrogens is 2. The Morgan fingerprint density at radius 2 is 1.88 bits per heavy atom. The van der Waals surface area contributed by atoms with Crippen LogP contribution in [0.4, 0.5) is 0 Å². The maximum atomic E-state index is 12.6. The lowest BCUT2D eigenvalue weighted by molar-refractivity contribution is -0.149. The van der Waals surface area contributed by atoms with Crippen molar-refractivity contribution in [2.75, 3.05) is 19.7 Å². The Labute approximate surface area is 146 Å². The number of esters is 1. The molecular formula is C19H21N3O3. The Kier molecular flexibility index (Phi) is 5.38. The topological polar surface area (TPSA) is 72.4 Å². The van der Waals surface area contributed by atoms with E-state index in [9.17, 15) is 9.59 Å². The van der Waals surface area contributed by atoms with E-state index in [0.29, 0.717) is 38.1 Å². The van der Waals surface area contributed by atoms with Crippen LogP contribution in [0.15, 0.2) is 42.7 Å². The fourth-order valence-corrected chi connectivity index (χ4v) is 2.95. The van der Waals surface area contributed by atoms with Crippen molar-refractivity contribution in [2.45, 2.75) is 19.8 Å². The van der Waals surface area contributed by atoms with Gasteiger partial charge in [-0.15, -0.1) is 0 Å². The molecule has 2 aromatic rings. The van der Waals surface area contributed by atoms with Gasteiger partial charge in [0.05, 0.1) is 29.5 Å². The minimum Gasteiger partial charge on any atom is -0.466 e. The number of nitrogens with zero attached hydrogens (tertiary/aromatic N) is 3. The van der Waals surface area contributed by atoms with Crippen LogP contribution in [-0.2, 0) is 9.53 Å². The number of hydrogen-bond donors (Lipinski definition) is 0. The molecule has 1 amide bonds. The zero-order valence-electron chi connectivity index (χ0n) is 14.2. The Morgan fingerprint density at radius 1 is 1.12 bits per heavy atom. The van der Waals surface area contributed by atoms with Crippen LogP contribution in [0, 0.1) is 5.92 Å². The fourth-order valence-electron chi connectivity index (χ4n) is 2.95. The van der Waals surface area contributed by atoms with Gasteiger partial charge in [0.15, 0.2) is 0 Å². The average molecular weight is 339 g/mol. The van der Waals surface area contributed by atoms with Crippen LogP contribution in [0.25, 0.3) is 11.4 Å². The van der Waals surface area contributed by atoms with E-state index in [1.165, 1.54) is 0 Å². The van der Waals surface area contributed by atoms with Gasteiger partial charge in [0.25, 0.3) is 5.91 Å². The molecule has 3 heterocycles. The minimum atomic E-state index is -0.157. The van der Waals surface area contributed by atoms with Crippen molar-refractivity contribution in [2.24, 2.45) is 5.92 Å². The molecule has 130 valence electrons. The summed E-state index contributed by atoms with van der Waals surface area (Å²) >= 11 is 0. The van der Waals surface area contributed by atoms with E-state index in [4.69, 9.17) is 4.74 Å². The minimum absolute atomic E-state index is 0.0534. The molecule has 6 heteroatoms. The lowest BCUT2D eigenvalue weighted by atomic mass is 9.96. The van der Waals surface area contributed by atoms with Crippen molar-refractivity contribution in [1.82, 2.24) is 14.9 Å². The van der Waals surface area contributed by atoms with E-state index in [2.05, 4.69) is 9.97 Å². The first kappa shape index (κ1) is 17.1. The molecule has 0 radical (unpaired) electrons. The Balaban J connectivity index is 1.61. The van der Waals surface area contributed by atoms with Gasteiger partial charge < -0.3 is 9.64 Å². The van der Waals surface area contributed by atoms with Gasteiger partial charge in [-0.25, -0.2) is 0 Å². The molecule has 0 aromatic carbocycles. The van der Waals surface area contributed by atoms with E-state index in [1.807, 2.05) is 18.2 Å². The van der Waals surface area contributed by atoms with Crippen LogP contribution >= 0.6 is 0 Å². The van der Waals surface area contributed by atoms with Gasteiger partial charge in [0.1, 0.15) is 0 Å². The van der Waals surface area contributed by atoms with E-state index in [1.54, 1.807) is 36.4 Å². The summed E-state index contributed by atoms with van der Waals surface area (Å²) in [6.07, 6.45) is 4.58. The Bertz CT molecular complexity index is 723. The van der Waals surface area contributed by atoms with E-state index in [0.717, 1.165) is 11.4 Å². The first-order chi connectivity index (χ1) is 12.2. The molecule has 1 fully saturated rings. The molecule has 0 N–H and O–H groups in total. The summed E-state index contributed by atoms with van der Waals surface area (Å²) in [6, 6.07) is 9.21. The zero-order chi connectivity index (χ0) is 17.6. The van der Waals surface area contributed by atoms with Gasteiger partial charge in [0, 0.05) is 25.5 Å². The average Bonchev–Trinajstić information content (AvgIpc) is 2.68. The number of pyridine rings is 2. The van der Waals surface area contributed by atoms with Crippen LogP contribution in [0.1, 0.15) is 30.1 Å². The Hall–Kier alpha value is -2.76. The molecule has 0 unspecified atom stereocenters. The molecule has 0 atom stereocenters. The first-order valence-electron chi connectivity index (χ1n) is 8.52. The van der Waals surface area contributed by atoms with Crippen molar-refractivity contribution in [3.63, 3.8) is 0 Å². The normalized spacial score (nSPS) is 15.0. The molecule has 1 saturated heterocycles. The van der Waals surface area contributed by atoms with Gasteiger partial charge in [0.2, 0.25) is 0 Å². The van der Waals surface area contributed by atoms with Crippen molar-refractivity contribution in [1.29, 1.82) is 0 Å². The molecule has 0 saturated carbocycles. The summed E-state index contributed by atoms with van der Waals surface area (Å²) in [6.45, 7) is 3.32. The standard InChI is InChI=1S/C19H21N3O3/c1-2-25-19(24)14-8-11-22(12-9-14)18(23)15-6-7-17(21-13-15)16-5-3-4-10-20-16/h3-7,10,13-14H,2,8-9,11-12H2,1H3. The highest BCUT2D eigenvalue weighted by molar-refractivity contribution is 5.94. The summed E-state index contributed by atoms with van der Waals surface area (Å²) in [5.41, 5.74) is 2.06. The predicted octanol–water partition coefficient (Wildman–Crippen LogP) is 2.56. The highest BCUT2D eigenvalue weighted by atomic mass is 16.5. The fraction of sp³-hybridized carbons (Fsp3) is 0.368. The summed E-state index contributed by atoms with van der Waals surface area (Å²) in [7, 11) is 0. The summed E-state index contributed by atoms with van der Waals surface area (Å²) in [4.78, 5) is 34.8. The summed E-state index contributed by atoms with van der Waals surface area (Å²) < 4.78 is 5.06. The molecule has 0 aliphatic carbocycles. The Morgan fingerprint density at radius 3 is 2.48 bits per heavy atom. The number of carbonyl (C=O) groups excluding carboxylic acids is 2. The van der Waals surface area contributed by atoms with Gasteiger partial charge >= 0.3 is 5.97 Å². The van der Waals surface area contributed by atoms with E-state index < -0.39 is 0 Å². The number of rotatable bonds is 4. The first-order valence-corrected chi connectivity index (χ1v) is 8.52. The van der Waals surface area contributed by atoms with Crippen LogP contribution in [0.2, 0.25) is 0 Å². The van der Waals surface area contributed by atoms with Crippen LogP contribution in [0.5, 0.6) is 0 Å². The lowest BCUT2D eigenvalue weighted by Crippen LogP contribution is -2.40. The van der Waals surface area contributed by atoms with Crippen LogP contribution in [0.3, 0.4) is 0 Å². The number of ether oxygens (including phenoxy) is 1. The zero-order valence-corrected chi connectivity index (χ0v) is 14.2. The van der Waals surface area contributed by atoms with E-state index in [-0.39, 0.29) is 17.8 Å². The smallest absolute Gasteiger partial charge is 0.309 e. The highest BCUT2D eigenvalue weighted by Crippen LogP contribution is 2.21. The molecule has 0 bridgehead atoms. The number of amides is 1. The van der Waals surface area contributed by atoms with Gasteiger partial charge in [-0.3, -0.25) is 19.6 Å². The number of carbonyl (C=O) groups is 2. The van der Waals surface area contributed by atoms with Crippen molar-refractivity contribution < 1.29 is 14.3 Å². The molecule has 0 spiro atoms. The van der Waals surface area contributed by atoms with Gasteiger partial charge in [-0.05, 0) is 44.0 Å². The predicted molar refractivity (Wildman–Crippen MR) is 92.7 cm³/mol. The second-order valence-corrected chi connectivity index (χ2v) is 5.97. The van der Waals surface area contributed by atoms with E-state index >= 15 is 0 Å². The third kappa shape index (κ3) is 4.02. The van der Waals surface area contributed by atoms with Crippen molar-refractivity contribution >= 4 is 11.9 Å². The largest absolute Gasteiger partial charge is 0.466 e. The molecular weight excluding hydrogens is 318 g/mol. The molecule has 1 aliphatic rings. The molecule has 3 rings (SSSR count). The number of likely N-dealkylation sites (tertiary alicyclic amines) is 1. The maximum Gasteiger partial charge on any atom is 0.309 e. The van der Waals surface area contributed by atoms with Gasteiger partial charge in [-0.1, -0.05) is 6.07 Å². The van der Waals surface area contributed by atoms with Crippen LogP contribution in [-0.4, -0.2) is 46.4 Å². The monoisotopic (exact) mass is 339 g/mol. The maximum absolute atomic E-state index is 12.6. The molecule has 2 aromatic heterocycles. The molecule has 6 nitrogen and oxygen atoms in total. The summed E-state index contributed by atoms with van der Waals surface area (Å²) in [5, 5.41) is 0. The second-order valence-electron chi connectivity index (χ2n) is 5.97. The second kappa shape index (κ2) is 7.88. The third-order valence-electron chi connectivity index (χ3n) is 4.34.